The van der Waals surface area contributed by atoms with Crippen LogP contribution >= 0.6 is 0 Å². The van der Waals surface area contributed by atoms with E-state index in [0.29, 0.717) is 11.2 Å². The molecule has 4 N–H and O–H groups in total. The highest BCUT2D eigenvalue weighted by molar-refractivity contribution is 5.31. The van der Waals surface area contributed by atoms with Crippen LogP contribution in [0, 0.1) is 0 Å². The van der Waals surface area contributed by atoms with Gasteiger partial charge in [-0.15, -0.1) is 0 Å². The first-order valence-corrected chi connectivity index (χ1v) is 7.78. The Kier molecular flexibility index (Phi) is 6.41. The predicted molar refractivity (Wildman–Crippen MR) is 80.9 cm³/mol. The molecule has 4 atom stereocenters. The smallest absolute Gasteiger partial charge is 0.351 e. The Morgan fingerprint density at radius 3 is 2.84 bits per heavy atom. The Labute approximate surface area is 141 Å². The van der Waals surface area contributed by atoms with Gasteiger partial charge in [0.15, 0.2) is 6.10 Å². The Morgan fingerprint density at radius 1 is 1.56 bits per heavy atom. The van der Waals surface area contributed by atoms with Crippen molar-refractivity contribution in [1.82, 2.24) is 9.55 Å². The van der Waals surface area contributed by atoms with Crippen molar-refractivity contribution >= 4 is 5.82 Å². The molecule has 1 aliphatic heterocycles. The molecule has 1 aliphatic rings. The van der Waals surface area contributed by atoms with Crippen LogP contribution in [-0.4, -0.2) is 62.6 Å². The van der Waals surface area contributed by atoms with Gasteiger partial charge in [0.2, 0.25) is 12.6 Å². The molecule has 2 heterocycles. The number of aliphatic hydroxyl groups excluding tert-OH is 3. The maximum atomic E-state index is 14.0. The van der Waals surface area contributed by atoms with Crippen LogP contribution in [0.5, 0.6) is 0 Å². The van der Waals surface area contributed by atoms with E-state index in [-0.39, 0.29) is 5.82 Å². The topological polar surface area (TPSA) is 126 Å². The third-order valence-corrected chi connectivity index (χ3v) is 3.69. The molecule has 0 bridgehead atoms. The van der Waals surface area contributed by atoms with Crippen molar-refractivity contribution in [3.63, 3.8) is 0 Å². The van der Waals surface area contributed by atoms with E-state index in [2.05, 4.69) is 10.3 Å². The van der Waals surface area contributed by atoms with Crippen LogP contribution in [0.1, 0.15) is 26.0 Å². The standard InChI is InChI=1S/C14H21F2N3O6/c1-2-3-6-24-13(23)18-9-4-5-19(12(22)17-9)11-14(15,16)10(21)8(7-20)25-11/h4-5,8,10-11,13,20-21,23H,2-3,6-7H2,1H3,(H,17,18,22)/t8-,10?,11-,13?/m1/s1. The van der Waals surface area contributed by atoms with Gasteiger partial charge in [-0.3, -0.25) is 4.57 Å². The lowest BCUT2D eigenvalue weighted by atomic mass is 10.1. The molecule has 2 rings (SSSR count). The SMILES string of the molecule is CCCCOC(O)Nc1ccn([C@@H]2O[C@H](CO)C(O)C2(F)F)c(=O)n1. The van der Waals surface area contributed by atoms with Crippen molar-refractivity contribution in [2.75, 3.05) is 18.5 Å². The van der Waals surface area contributed by atoms with Crippen LogP contribution in [0.3, 0.4) is 0 Å². The molecule has 9 nitrogen and oxygen atoms in total. The lowest BCUT2D eigenvalue weighted by Gasteiger charge is -2.21. The number of rotatable bonds is 8. The summed E-state index contributed by atoms with van der Waals surface area (Å²) in [4.78, 5) is 15.5. The van der Waals surface area contributed by atoms with Gasteiger partial charge in [0, 0.05) is 6.20 Å². The van der Waals surface area contributed by atoms with E-state index < -0.39 is 43.1 Å². The third kappa shape index (κ3) is 4.30. The maximum Gasteiger partial charge on any atom is 0.351 e. The average Bonchev–Trinajstić information content (AvgIpc) is 2.78. The van der Waals surface area contributed by atoms with Crippen LogP contribution < -0.4 is 11.0 Å². The first kappa shape index (κ1) is 19.7. The number of anilines is 1. The summed E-state index contributed by atoms with van der Waals surface area (Å²) < 4.78 is 38.5. The van der Waals surface area contributed by atoms with Gasteiger partial charge in [-0.05, 0) is 12.5 Å². The second kappa shape index (κ2) is 8.15. The van der Waals surface area contributed by atoms with E-state index >= 15 is 0 Å². The lowest BCUT2D eigenvalue weighted by molar-refractivity contribution is -0.141. The molecule has 11 heteroatoms. The Morgan fingerprint density at radius 2 is 2.28 bits per heavy atom. The largest absolute Gasteiger partial charge is 0.394 e. The number of nitrogens with zero attached hydrogens (tertiary/aromatic N) is 2. The fraction of sp³-hybridized carbons (Fsp3) is 0.714. The fourth-order valence-corrected chi connectivity index (χ4v) is 2.30. The van der Waals surface area contributed by atoms with E-state index in [1.54, 1.807) is 0 Å². The summed E-state index contributed by atoms with van der Waals surface area (Å²) in [6, 6.07) is 1.17. The quantitative estimate of drug-likeness (QED) is 0.363. The summed E-state index contributed by atoms with van der Waals surface area (Å²) in [5, 5.41) is 30.4. The zero-order valence-electron chi connectivity index (χ0n) is 13.5. The minimum atomic E-state index is -3.78. The molecule has 0 radical (unpaired) electrons. The minimum absolute atomic E-state index is 0.0779. The van der Waals surface area contributed by atoms with Gasteiger partial charge >= 0.3 is 11.6 Å². The van der Waals surface area contributed by atoms with Crippen LogP contribution in [0.25, 0.3) is 0 Å². The van der Waals surface area contributed by atoms with E-state index in [1.165, 1.54) is 6.07 Å². The predicted octanol–water partition coefficient (Wildman–Crippen LogP) is -0.366. The van der Waals surface area contributed by atoms with Crippen molar-refractivity contribution in [3.8, 4) is 0 Å². The van der Waals surface area contributed by atoms with Crippen molar-refractivity contribution in [2.24, 2.45) is 0 Å². The van der Waals surface area contributed by atoms with Gasteiger partial charge in [-0.25, -0.2) is 4.79 Å². The molecular formula is C14H21F2N3O6. The highest BCUT2D eigenvalue weighted by Gasteiger charge is 2.59. The van der Waals surface area contributed by atoms with Crippen molar-refractivity contribution in [3.05, 3.63) is 22.7 Å². The van der Waals surface area contributed by atoms with Crippen molar-refractivity contribution in [2.45, 2.75) is 50.5 Å². The molecule has 0 amide bonds. The van der Waals surface area contributed by atoms with Gasteiger partial charge in [-0.2, -0.15) is 13.8 Å². The molecule has 142 valence electrons. The molecule has 0 aliphatic carbocycles. The summed E-state index contributed by atoms with van der Waals surface area (Å²) in [6.45, 7) is 1.42. The number of aliphatic hydroxyl groups is 3. The molecule has 2 unspecified atom stereocenters. The number of hydrogen-bond acceptors (Lipinski definition) is 8. The van der Waals surface area contributed by atoms with E-state index in [9.17, 15) is 23.8 Å². The monoisotopic (exact) mass is 365 g/mol. The van der Waals surface area contributed by atoms with Crippen molar-refractivity contribution in [1.29, 1.82) is 0 Å². The summed E-state index contributed by atoms with van der Waals surface area (Å²) in [6.07, 6.45) is -4.67. The summed E-state index contributed by atoms with van der Waals surface area (Å²) in [5.74, 6) is -3.86. The molecule has 1 aromatic heterocycles. The zero-order chi connectivity index (χ0) is 18.6. The number of hydrogen-bond donors (Lipinski definition) is 4. The highest BCUT2D eigenvalue weighted by atomic mass is 19.3. The minimum Gasteiger partial charge on any atom is -0.394 e. The van der Waals surface area contributed by atoms with Gasteiger partial charge in [0.05, 0.1) is 13.2 Å². The fourth-order valence-electron chi connectivity index (χ4n) is 2.30. The second-order valence-corrected chi connectivity index (χ2v) is 5.55. The molecule has 25 heavy (non-hydrogen) atoms. The lowest BCUT2D eigenvalue weighted by Crippen LogP contribution is -2.41. The maximum absolute atomic E-state index is 14.0. The summed E-state index contributed by atoms with van der Waals surface area (Å²) in [5.41, 5.74) is -1.08. The number of halogens is 2. The molecule has 1 aromatic rings. The van der Waals surface area contributed by atoms with E-state index in [0.717, 1.165) is 19.0 Å². The van der Waals surface area contributed by atoms with Crippen molar-refractivity contribution < 1.29 is 33.6 Å². The Hall–Kier alpha value is -1.66. The van der Waals surface area contributed by atoms with Gasteiger partial charge < -0.3 is 30.1 Å². The third-order valence-electron chi connectivity index (χ3n) is 3.69. The van der Waals surface area contributed by atoms with Gasteiger partial charge in [0.25, 0.3) is 0 Å². The Balaban J connectivity index is 2.11. The molecule has 1 saturated heterocycles. The molecule has 0 saturated carbocycles. The number of ether oxygens (including phenoxy) is 2. The van der Waals surface area contributed by atoms with Crippen LogP contribution in [0.2, 0.25) is 0 Å². The van der Waals surface area contributed by atoms with Crippen LogP contribution in [-0.2, 0) is 9.47 Å². The highest BCUT2D eigenvalue weighted by Crippen LogP contribution is 2.41. The second-order valence-electron chi connectivity index (χ2n) is 5.55. The number of aromatic nitrogens is 2. The molecular weight excluding hydrogens is 344 g/mol. The average molecular weight is 365 g/mol. The molecule has 0 aromatic carbocycles. The number of nitrogens with one attached hydrogen (secondary N) is 1. The number of alkyl halides is 2. The van der Waals surface area contributed by atoms with E-state index in [4.69, 9.17) is 14.6 Å². The summed E-state index contributed by atoms with van der Waals surface area (Å²) >= 11 is 0. The van der Waals surface area contributed by atoms with Crippen LogP contribution in [0.4, 0.5) is 14.6 Å². The number of unbranched alkanes of at least 4 members (excludes halogenated alkanes) is 1. The molecule has 0 spiro atoms. The van der Waals surface area contributed by atoms with E-state index in [1.807, 2.05) is 6.92 Å². The van der Waals surface area contributed by atoms with Gasteiger partial charge in [-0.1, -0.05) is 13.3 Å². The van der Waals surface area contributed by atoms with Gasteiger partial charge in [0.1, 0.15) is 11.9 Å². The molecule has 1 fully saturated rings. The first-order valence-electron chi connectivity index (χ1n) is 7.78. The van der Waals surface area contributed by atoms with Crippen LogP contribution in [0.15, 0.2) is 17.1 Å². The normalized spacial score (nSPS) is 26.6. The summed E-state index contributed by atoms with van der Waals surface area (Å²) in [7, 11) is 0. The Bertz CT molecular complexity index is 629. The zero-order valence-corrected chi connectivity index (χ0v) is 13.5. The first-order chi connectivity index (χ1) is 11.8.